The van der Waals surface area contributed by atoms with Crippen molar-refractivity contribution >= 4 is 46.2 Å². The summed E-state index contributed by atoms with van der Waals surface area (Å²) in [6.45, 7) is 0. The standard InChI is InChI=1S/C17H7Cl3F3NO/c18-12-3-11(4-13(19)6-12)14(17(21,22)23)7-16(25)9-1-2-10(8-24)15(20)5-9/h1-7H. The van der Waals surface area contributed by atoms with Crippen LogP contribution in [0.3, 0.4) is 0 Å². The molecule has 0 aromatic heterocycles. The molecule has 128 valence electrons. The Kier molecular flexibility index (Phi) is 5.79. The number of benzene rings is 2. The zero-order valence-electron chi connectivity index (χ0n) is 12.2. The highest BCUT2D eigenvalue weighted by Gasteiger charge is 2.35. The van der Waals surface area contributed by atoms with Gasteiger partial charge in [-0.25, -0.2) is 0 Å². The summed E-state index contributed by atoms with van der Waals surface area (Å²) in [6.07, 6.45) is -4.36. The van der Waals surface area contributed by atoms with E-state index in [4.69, 9.17) is 40.1 Å². The van der Waals surface area contributed by atoms with Crippen LogP contribution in [0.15, 0.2) is 42.5 Å². The fraction of sp³-hybridized carbons (Fsp3) is 0.0588. The average Bonchev–Trinajstić information content (AvgIpc) is 2.50. The maximum Gasteiger partial charge on any atom is 0.417 e. The van der Waals surface area contributed by atoms with E-state index in [9.17, 15) is 18.0 Å². The smallest absolute Gasteiger partial charge is 0.289 e. The zero-order chi connectivity index (χ0) is 18.8. The first-order valence-electron chi connectivity index (χ1n) is 6.61. The topological polar surface area (TPSA) is 40.9 Å². The first-order valence-corrected chi connectivity index (χ1v) is 7.74. The molecule has 0 heterocycles. The first kappa shape index (κ1) is 19.3. The SMILES string of the molecule is N#Cc1ccc(C(=O)C=C(c2cc(Cl)cc(Cl)c2)C(F)(F)F)cc1Cl. The highest BCUT2D eigenvalue weighted by molar-refractivity contribution is 6.35. The van der Waals surface area contributed by atoms with Gasteiger partial charge in [-0.15, -0.1) is 0 Å². The van der Waals surface area contributed by atoms with Crippen molar-refractivity contribution in [3.63, 3.8) is 0 Å². The molecule has 8 heteroatoms. The highest BCUT2D eigenvalue weighted by Crippen LogP contribution is 2.36. The second-order valence-electron chi connectivity index (χ2n) is 4.88. The Labute approximate surface area is 156 Å². The third-order valence-electron chi connectivity index (χ3n) is 3.13. The van der Waals surface area contributed by atoms with E-state index in [1.54, 1.807) is 6.07 Å². The van der Waals surface area contributed by atoms with Crippen LogP contribution in [0.25, 0.3) is 5.57 Å². The van der Waals surface area contributed by atoms with Gasteiger partial charge in [0.05, 0.1) is 16.2 Å². The van der Waals surface area contributed by atoms with E-state index in [1.165, 1.54) is 18.2 Å². The summed E-state index contributed by atoms with van der Waals surface area (Å²) in [4.78, 5) is 12.2. The van der Waals surface area contributed by atoms with Crippen molar-refractivity contribution < 1.29 is 18.0 Å². The second kappa shape index (κ2) is 7.49. The van der Waals surface area contributed by atoms with E-state index in [-0.39, 0.29) is 31.8 Å². The van der Waals surface area contributed by atoms with Gasteiger partial charge in [-0.1, -0.05) is 34.8 Å². The van der Waals surface area contributed by atoms with Crippen LogP contribution in [0.4, 0.5) is 13.2 Å². The number of nitrogens with zero attached hydrogens (tertiary/aromatic N) is 1. The van der Waals surface area contributed by atoms with E-state index in [0.717, 1.165) is 18.2 Å². The molecule has 0 N–H and O–H groups in total. The molecule has 2 rings (SSSR count). The predicted octanol–water partition coefficient (Wildman–Crippen LogP) is 6.35. The van der Waals surface area contributed by atoms with Crippen LogP contribution in [0.2, 0.25) is 15.1 Å². The van der Waals surface area contributed by atoms with Crippen molar-refractivity contribution in [2.45, 2.75) is 6.18 Å². The fourth-order valence-corrected chi connectivity index (χ4v) is 2.76. The lowest BCUT2D eigenvalue weighted by atomic mass is 10.0. The quantitative estimate of drug-likeness (QED) is 0.442. The number of rotatable bonds is 3. The summed E-state index contributed by atoms with van der Waals surface area (Å²) in [5.74, 6) is -0.921. The molecule has 0 aliphatic rings. The van der Waals surface area contributed by atoms with E-state index < -0.39 is 17.5 Å². The number of hydrogen-bond donors (Lipinski definition) is 0. The van der Waals surface area contributed by atoms with Crippen LogP contribution in [0.5, 0.6) is 0 Å². The molecule has 2 nitrogen and oxygen atoms in total. The minimum Gasteiger partial charge on any atom is -0.289 e. The maximum atomic E-state index is 13.4. The zero-order valence-corrected chi connectivity index (χ0v) is 14.4. The Morgan fingerprint density at radius 3 is 2.08 bits per heavy atom. The summed E-state index contributed by atoms with van der Waals surface area (Å²) in [5, 5.41) is 8.78. The lowest BCUT2D eigenvalue weighted by Crippen LogP contribution is -2.13. The maximum absolute atomic E-state index is 13.4. The molecule has 0 spiro atoms. The number of nitriles is 1. The Bertz CT molecular complexity index is 894. The largest absolute Gasteiger partial charge is 0.417 e. The van der Waals surface area contributed by atoms with Crippen LogP contribution < -0.4 is 0 Å². The van der Waals surface area contributed by atoms with E-state index >= 15 is 0 Å². The van der Waals surface area contributed by atoms with Gasteiger partial charge in [-0.2, -0.15) is 18.4 Å². The number of hydrogen-bond acceptors (Lipinski definition) is 2. The molecule has 0 amide bonds. The van der Waals surface area contributed by atoms with Gasteiger partial charge in [0.25, 0.3) is 0 Å². The van der Waals surface area contributed by atoms with E-state index in [2.05, 4.69) is 0 Å². The number of allylic oxidation sites excluding steroid dienone is 2. The third kappa shape index (κ3) is 4.76. The molecule has 0 atom stereocenters. The predicted molar refractivity (Wildman–Crippen MR) is 91.0 cm³/mol. The molecule has 0 radical (unpaired) electrons. The number of ketones is 1. The summed E-state index contributed by atoms with van der Waals surface area (Å²) in [6, 6.07) is 8.82. The minimum absolute atomic E-state index is 0.00603. The van der Waals surface area contributed by atoms with Gasteiger partial charge in [0.2, 0.25) is 0 Å². The minimum atomic E-state index is -4.81. The van der Waals surface area contributed by atoms with E-state index in [0.29, 0.717) is 6.08 Å². The van der Waals surface area contributed by atoms with Gasteiger partial charge in [0, 0.05) is 15.6 Å². The van der Waals surface area contributed by atoms with Gasteiger partial charge < -0.3 is 0 Å². The van der Waals surface area contributed by atoms with E-state index in [1.807, 2.05) is 0 Å². The molecule has 0 aliphatic carbocycles. The van der Waals surface area contributed by atoms with Gasteiger partial charge in [-0.3, -0.25) is 4.79 Å². The highest BCUT2D eigenvalue weighted by atomic mass is 35.5. The molecule has 2 aromatic rings. The summed E-state index contributed by atoms with van der Waals surface area (Å²) < 4.78 is 40.1. The van der Waals surface area contributed by atoms with Crippen LogP contribution >= 0.6 is 34.8 Å². The second-order valence-corrected chi connectivity index (χ2v) is 6.16. The van der Waals surface area contributed by atoms with Crippen molar-refractivity contribution in [1.82, 2.24) is 0 Å². The molecular weight excluding hydrogens is 398 g/mol. The average molecular weight is 405 g/mol. The molecule has 0 aliphatic heterocycles. The normalized spacial score (nSPS) is 12.0. The molecule has 0 unspecified atom stereocenters. The molecule has 0 bridgehead atoms. The molecular formula is C17H7Cl3F3NO. The third-order valence-corrected chi connectivity index (χ3v) is 3.88. The molecule has 2 aromatic carbocycles. The number of alkyl halides is 3. The Hall–Kier alpha value is -2.00. The van der Waals surface area contributed by atoms with Crippen molar-refractivity contribution in [3.8, 4) is 6.07 Å². The van der Waals surface area contributed by atoms with Crippen LogP contribution in [0, 0.1) is 11.3 Å². The summed E-state index contributed by atoms with van der Waals surface area (Å²) in [5.41, 5.74) is -1.50. The van der Waals surface area contributed by atoms with Crippen molar-refractivity contribution in [2.24, 2.45) is 0 Å². The molecule has 0 saturated carbocycles. The summed E-state index contributed by atoms with van der Waals surface area (Å²) in [7, 11) is 0. The monoisotopic (exact) mass is 403 g/mol. The van der Waals surface area contributed by atoms with Crippen LogP contribution in [0.1, 0.15) is 21.5 Å². The van der Waals surface area contributed by atoms with Gasteiger partial charge in [0.1, 0.15) is 6.07 Å². The van der Waals surface area contributed by atoms with Gasteiger partial charge in [0.15, 0.2) is 5.78 Å². The van der Waals surface area contributed by atoms with Crippen LogP contribution in [-0.2, 0) is 0 Å². The van der Waals surface area contributed by atoms with Crippen molar-refractivity contribution in [1.29, 1.82) is 5.26 Å². The summed E-state index contributed by atoms with van der Waals surface area (Å²) >= 11 is 17.3. The van der Waals surface area contributed by atoms with Gasteiger partial charge >= 0.3 is 6.18 Å². The lowest BCUT2D eigenvalue weighted by molar-refractivity contribution is -0.0689. The molecule has 0 fully saturated rings. The molecule has 0 saturated heterocycles. The first-order chi connectivity index (χ1) is 11.6. The van der Waals surface area contributed by atoms with Crippen LogP contribution in [-0.4, -0.2) is 12.0 Å². The van der Waals surface area contributed by atoms with Crippen molar-refractivity contribution in [2.75, 3.05) is 0 Å². The Morgan fingerprint density at radius 1 is 1.00 bits per heavy atom. The van der Waals surface area contributed by atoms with Gasteiger partial charge in [-0.05, 0) is 48.0 Å². The van der Waals surface area contributed by atoms with Crippen molar-refractivity contribution in [3.05, 3.63) is 74.2 Å². The Morgan fingerprint density at radius 2 is 1.60 bits per heavy atom. The number of carbonyl (C=O) groups is 1. The number of carbonyl (C=O) groups excluding carboxylic acids is 1. The fourth-order valence-electron chi connectivity index (χ4n) is 2.01. The molecule has 25 heavy (non-hydrogen) atoms. The lowest BCUT2D eigenvalue weighted by Gasteiger charge is -2.13. The Balaban J connectivity index is 2.53. The number of halogens is 6.